The third kappa shape index (κ3) is 3.48. The number of ether oxygens (including phenoxy) is 2. The van der Waals surface area contributed by atoms with Crippen LogP contribution in [0.1, 0.15) is 16.1 Å². The number of anilines is 3. The molecule has 0 bridgehead atoms. The summed E-state index contributed by atoms with van der Waals surface area (Å²) < 4.78 is 10.6. The molecule has 8 nitrogen and oxygen atoms in total. The maximum atomic E-state index is 12.3. The number of aromatic nitrogens is 2. The summed E-state index contributed by atoms with van der Waals surface area (Å²) >= 11 is 0. The molecule has 0 unspecified atom stereocenters. The molecule has 1 aromatic heterocycles. The molecule has 1 amide bonds. The van der Waals surface area contributed by atoms with Crippen LogP contribution < -0.4 is 20.1 Å². The number of hydrogen-bond acceptors (Lipinski definition) is 7. The maximum absolute atomic E-state index is 12.3. The Bertz CT molecular complexity index is 1040. The van der Waals surface area contributed by atoms with E-state index in [1.54, 1.807) is 36.4 Å². The van der Waals surface area contributed by atoms with E-state index in [1.807, 2.05) is 12.1 Å². The summed E-state index contributed by atoms with van der Waals surface area (Å²) in [5.74, 6) is 1.37. The van der Waals surface area contributed by atoms with Crippen molar-refractivity contribution in [2.45, 2.75) is 0 Å². The van der Waals surface area contributed by atoms with Gasteiger partial charge in [-0.25, -0.2) is 9.97 Å². The zero-order valence-corrected chi connectivity index (χ0v) is 14.0. The van der Waals surface area contributed by atoms with Gasteiger partial charge in [0.15, 0.2) is 11.5 Å². The van der Waals surface area contributed by atoms with Crippen LogP contribution >= 0.6 is 0 Å². The first-order valence-corrected chi connectivity index (χ1v) is 8.02. The Morgan fingerprint density at radius 1 is 1.07 bits per heavy atom. The lowest BCUT2D eigenvalue weighted by Gasteiger charge is -2.08. The molecule has 4 rings (SSSR count). The third-order valence-electron chi connectivity index (χ3n) is 3.83. The van der Waals surface area contributed by atoms with Crippen molar-refractivity contribution >= 4 is 23.1 Å². The highest BCUT2D eigenvalue weighted by Crippen LogP contribution is 2.34. The number of benzene rings is 2. The first-order chi connectivity index (χ1) is 13.2. The second-order valence-electron chi connectivity index (χ2n) is 5.59. The molecule has 8 heteroatoms. The first-order valence-electron chi connectivity index (χ1n) is 8.02. The van der Waals surface area contributed by atoms with Crippen LogP contribution in [0.2, 0.25) is 0 Å². The predicted molar refractivity (Wildman–Crippen MR) is 97.0 cm³/mol. The lowest BCUT2D eigenvalue weighted by atomic mass is 10.2. The van der Waals surface area contributed by atoms with Crippen LogP contribution in [0, 0.1) is 11.3 Å². The van der Waals surface area contributed by atoms with Crippen molar-refractivity contribution in [1.29, 1.82) is 5.26 Å². The molecule has 0 atom stereocenters. The van der Waals surface area contributed by atoms with Crippen molar-refractivity contribution in [3.05, 3.63) is 66.1 Å². The van der Waals surface area contributed by atoms with E-state index in [2.05, 4.69) is 20.6 Å². The van der Waals surface area contributed by atoms with Gasteiger partial charge in [-0.2, -0.15) is 5.26 Å². The molecule has 0 spiro atoms. The summed E-state index contributed by atoms with van der Waals surface area (Å²) in [5, 5.41) is 14.8. The van der Waals surface area contributed by atoms with Crippen LogP contribution in [-0.2, 0) is 0 Å². The second-order valence-corrected chi connectivity index (χ2v) is 5.59. The van der Waals surface area contributed by atoms with E-state index in [0.29, 0.717) is 28.6 Å². The van der Waals surface area contributed by atoms with Gasteiger partial charge in [-0.15, -0.1) is 0 Å². The zero-order valence-electron chi connectivity index (χ0n) is 14.0. The molecule has 27 heavy (non-hydrogen) atoms. The van der Waals surface area contributed by atoms with Crippen molar-refractivity contribution in [1.82, 2.24) is 9.97 Å². The van der Waals surface area contributed by atoms with E-state index in [9.17, 15) is 4.79 Å². The van der Waals surface area contributed by atoms with Crippen molar-refractivity contribution < 1.29 is 14.3 Å². The number of carbonyl (C=O) groups excluding carboxylic acids is 1. The highest BCUT2D eigenvalue weighted by molar-refractivity contribution is 6.03. The fraction of sp³-hybridized carbons (Fsp3) is 0.0526. The van der Waals surface area contributed by atoms with Gasteiger partial charge in [0, 0.05) is 11.8 Å². The van der Waals surface area contributed by atoms with Crippen molar-refractivity contribution in [3.8, 4) is 17.6 Å². The van der Waals surface area contributed by atoms with Gasteiger partial charge >= 0.3 is 0 Å². The molecule has 0 aliphatic carbocycles. The molecular formula is C19H13N5O3. The molecule has 1 aliphatic rings. The van der Waals surface area contributed by atoms with Gasteiger partial charge in [0.2, 0.25) is 6.79 Å². The lowest BCUT2D eigenvalue weighted by molar-refractivity contribution is 0.102. The van der Waals surface area contributed by atoms with Crippen LogP contribution in [0.25, 0.3) is 0 Å². The fourth-order valence-corrected chi connectivity index (χ4v) is 2.51. The monoisotopic (exact) mass is 359 g/mol. The molecule has 2 N–H and O–H groups in total. The second kappa shape index (κ2) is 7.01. The Hall–Kier alpha value is -4.12. The summed E-state index contributed by atoms with van der Waals surface area (Å²) in [6.07, 6.45) is 2.81. The minimum Gasteiger partial charge on any atom is -0.454 e. The molecule has 3 aromatic rings. The van der Waals surface area contributed by atoms with Gasteiger partial charge in [0.1, 0.15) is 17.6 Å². The zero-order chi connectivity index (χ0) is 18.6. The number of nitrogens with zero attached hydrogens (tertiary/aromatic N) is 3. The first kappa shape index (κ1) is 16.4. The van der Waals surface area contributed by atoms with Gasteiger partial charge in [-0.1, -0.05) is 12.1 Å². The van der Waals surface area contributed by atoms with Crippen LogP contribution in [0.5, 0.6) is 11.5 Å². The minimum absolute atomic E-state index is 0.138. The number of nitriles is 1. The third-order valence-corrected chi connectivity index (χ3v) is 3.83. The Balaban J connectivity index is 1.45. The summed E-state index contributed by atoms with van der Waals surface area (Å²) in [7, 11) is 0. The van der Waals surface area contributed by atoms with Gasteiger partial charge in [0.05, 0.1) is 23.6 Å². The van der Waals surface area contributed by atoms with E-state index in [1.165, 1.54) is 12.4 Å². The molecular weight excluding hydrogens is 346 g/mol. The van der Waals surface area contributed by atoms with Gasteiger partial charge in [0.25, 0.3) is 5.91 Å². The Morgan fingerprint density at radius 3 is 2.74 bits per heavy atom. The molecule has 0 saturated heterocycles. The Morgan fingerprint density at radius 2 is 1.93 bits per heavy atom. The van der Waals surface area contributed by atoms with Gasteiger partial charge in [-0.05, 0) is 24.3 Å². The maximum Gasteiger partial charge on any atom is 0.275 e. The van der Waals surface area contributed by atoms with E-state index in [-0.39, 0.29) is 12.5 Å². The summed E-state index contributed by atoms with van der Waals surface area (Å²) in [6, 6.07) is 14.2. The Labute approximate surface area is 154 Å². The number of carbonyl (C=O) groups is 1. The molecule has 2 aromatic carbocycles. The van der Waals surface area contributed by atoms with Crippen LogP contribution in [0.15, 0.2) is 54.9 Å². The van der Waals surface area contributed by atoms with Crippen LogP contribution in [-0.4, -0.2) is 22.7 Å². The van der Waals surface area contributed by atoms with Gasteiger partial charge in [-0.3, -0.25) is 4.79 Å². The molecule has 0 fully saturated rings. The van der Waals surface area contributed by atoms with Crippen LogP contribution in [0.3, 0.4) is 0 Å². The smallest absolute Gasteiger partial charge is 0.275 e. The largest absolute Gasteiger partial charge is 0.454 e. The van der Waals surface area contributed by atoms with Crippen molar-refractivity contribution in [3.63, 3.8) is 0 Å². The number of rotatable bonds is 4. The standard InChI is InChI=1S/C19H13N5O3/c20-8-12-3-1-2-4-14(12)24-19(25)15-9-22-18(10-21-15)23-13-5-6-16-17(7-13)27-11-26-16/h1-7,9-10H,11H2,(H,22,23)(H,24,25). The fourth-order valence-electron chi connectivity index (χ4n) is 2.51. The summed E-state index contributed by atoms with van der Waals surface area (Å²) in [5.41, 5.74) is 1.70. The molecule has 2 heterocycles. The van der Waals surface area contributed by atoms with E-state index in [4.69, 9.17) is 14.7 Å². The Kier molecular flexibility index (Phi) is 4.25. The molecule has 132 valence electrons. The van der Waals surface area contributed by atoms with E-state index >= 15 is 0 Å². The highest BCUT2D eigenvalue weighted by Gasteiger charge is 2.14. The van der Waals surface area contributed by atoms with E-state index in [0.717, 1.165) is 5.69 Å². The quantitative estimate of drug-likeness (QED) is 0.737. The predicted octanol–water partition coefficient (Wildman–Crippen LogP) is 3.07. The summed E-state index contributed by atoms with van der Waals surface area (Å²) in [6.45, 7) is 0.206. The number of nitrogens with one attached hydrogen (secondary N) is 2. The normalized spacial score (nSPS) is 11.5. The van der Waals surface area contributed by atoms with E-state index < -0.39 is 5.91 Å². The van der Waals surface area contributed by atoms with Crippen LogP contribution in [0.4, 0.5) is 17.2 Å². The SMILES string of the molecule is N#Cc1ccccc1NC(=O)c1cnc(Nc2ccc3c(c2)OCO3)cn1. The molecule has 1 aliphatic heterocycles. The van der Waals surface area contributed by atoms with Crippen molar-refractivity contribution in [2.75, 3.05) is 17.4 Å². The average molecular weight is 359 g/mol. The average Bonchev–Trinajstić information content (AvgIpc) is 3.17. The molecule has 0 radical (unpaired) electrons. The number of fused-ring (bicyclic) bond motifs is 1. The number of para-hydroxylation sites is 1. The highest BCUT2D eigenvalue weighted by atomic mass is 16.7. The summed E-state index contributed by atoms with van der Waals surface area (Å²) in [4.78, 5) is 20.6. The topological polar surface area (TPSA) is 109 Å². The molecule has 0 saturated carbocycles. The van der Waals surface area contributed by atoms with Gasteiger partial charge < -0.3 is 20.1 Å². The number of amides is 1. The van der Waals surface area contributed by atoms with Crippen molar-refractivity contribution in [2.24, 2.45) is 0 Å². The minimum atomic E-state index is -0.445. The lowest BCUT2D eigenvalue weighted by Crippen LogP contribution is -2.15. The number of hydrogen-bond donors (Lipinski definition) is 2.